The SMILES string of the molecule is CC(CO)C(C)NCC(O)COc1ccc(Cl)cc1. The number of benzene rings is 1. The smallest absolute Gasteiger partial charge is 0.119 e. The fourth-order valence-corrected chi connectivity index (χ4v) is 1.59. The highest BCUT2D eigenvalue weighted by atomic mass is 35.5. The molecule has 0 aliphatic carbocycles. The van der Waals surface area contributed by atoms with Gasteiger partial charge < -0.3 is 20.3 Å². The summed E-state index contributed by atoms with van der Waals surface area (Å²) in [5.41, 5.74) is 0. The molecular formula is C14H22ClNO3. The second-order valence-electron chi connectivity index (χ2n) is 4.78. The zero-order valence-corrected chi connectivity index (χ0v) is 12.1. The van der Waals surface area contributed by atoms with Crippen molar-refractivity contribution in [2.24, 2.45) is 5.92 Å². The highest BCUT2D eigenvalue weighted by molar-refractivity contribution is 6.30. The minimum Gasteiger partial charge on any atom is -0.491 e. The van der Waals surface area contributed by atoms with Gasteiger partial charge in [-0.05, 0) is 37.1 Å². The van der Waals surface area contributed by atoms with Gasteiger partial charge >= 0.3 is 0 Å². The lowest BCUT2D eigenvalue weighted by molar-refractivity contribution is 0.0992. The van der Waals surface area contributed by atoms with Crippen LogP contribution < -0.4 is 10.1 Å². The van der Waals surface area contributed by atoms with Crippen LogP contribution in [0.1, 0.15) is 13.8 Å². The van der Waals surface area contributed by atoms with Crippen molar-refractivity contribution in [2.45, 2.75) is 26.0 Å². The highest BCUT2D eigenvalue weighted by Gasteiger charge is 2.12. The van der Waals surface area contributed by atoms with Crippen LogP contribution in [-0.4, -0.2) is 42.1 Å². The first-order valence-electron chi connectivity index (χ1n) is 6.43. The van der Waals surface area contributed by atoms with Crippen molar-refractivity contribution in [2.75, 3.05) is 19.8 Å². The van der Waals surface area contributed by atoms with Crippen molar-refractivity contribution in [1.82, 2.24) is 5.32 Å². The maximum atomic E-state index is 9.79. The van der Waals surface area contributed by atoms with Gasteiger partial charge in [0, 0.05) is 24.2 Å². The van der Waals surface area contributed by atoms with Gasteiger partial charge in [-0.1, -0.05) is 18.5 Å². The van der Waals surface area contributed by atoms with Crippen LogP contribution in [0.15, 0.2) is 24.3 Å². The molecule has 19 heavy (non-hydrogen) atoms. The van der Waals surface area contributed by atoms with Crippen molar-refractivity contribution in [3.63, 3.8) is 0 Å². The van der Waals surface area contributed by atoms with Crippen LogP contribution in [0.25, 0.3) is 0 Å². The molecular weight excluding hydrogens is 266 g/mol. The quantitative estimate of drug-likeness (QED) is 0.681. The average molecular weight is 288 g/mol. The summed E-state index contributed by atoms with van der Waals surface area (Å²) in [6.45, 7) is 4.71. The van der Waals surface area contributed by atoms with Crippen molar-refractivity contribution >= 4 is 11.6 Å². The zero-order valence-electron chi connectivity index (χ0n) is 11.3. The van der Waals surface area contributed by atoms with Crippen LogP contribution in [-0.2, 0) is 0 Å². The third-order valence-corrected chi connectivity index (χ3v) is 3.32. The molecule has 0 aliphatic heterocycles. The molecule has 0 saturated heterocycles. The first-order valence-corrected chi connectivity index (χ1v) is 6.81. The number of nitrogens with one attached hydrogen (secondary N) is 1. The van der Waals surface area contributed by atoms with Crippen molar-refractivity contribution in [1.29, 1.82) is 0 Å². The molecule has 5 heteroatoms. The second-order valence-corrected chi connectivity index (χ2v) is 5.21. The van der Waals surface area contributed by atoms with Crippen LogP contribution in [0.4, 0.5) is 0 Å². The Balaban J connectivity index is 2.24. The number of rotatable bonds is 8. The third-order valence-electron chi connectivity index (χ3n) is 3.07. The summed E-state index contributed by atoms with van der Waals surface area (Å²) in [7, 11) is 0. The van der Waals surface area contributed by atoms with Crippen LogP contribution in [0.3, 0.4) is 0 Å². The third kappa shape index (κ3) is 6.25. The number of aliphatic hydroxyl groups is 2. The minimum absolute atomic E-state index is 0.130. The summed E-state index contributed by atoms with van der Waals surface area (Å²) in [5.74, 6) is 0.838. The minimum atomic E-state index is -0.593. The standard InChI is InChI=1S/C14H22ClNO3/c1-10(8-17)11(2)16-7-13(18)9-19-14-5-3-12(15)4-6-14/h3-6,10-11,13,16-18H,7-9H2,1-2H3. The molecule has 108 valence electrons. The van der Waals surface area contributed by atoms with Gasteiger partial charge in [-0.3, -0.25) is 0 Å². The topological polar surface area (TPSA) is 61.7 Å². The second kappa shape index (κ2) is 8.38. The summed E-state index contributed by atoms with van der Waals surface area (Å²) in [6.07, 6.45) is -0.593. The normalized spacial score (nSPS) is 15.8. The molecule has 0 spiro atoms. The van der Waals surface area contributed by atoms with E-state index in [2.05, 4.69) is 5.32 Å². The fourth-order valence-electron chi connectivity index (χ4n) is 1.46. The van der Waals surface area contributed by atoms with Gasteiger partial charge in [0.05, 0.1) is 0 Å². The van der Waals surface area contributed by atoms with E-state index in [0.717, 1.165) is 0 Å². The van der Waals surface area contributed by atoms with Gasteiger partial charge in [0.1, 0.15) is 18.5 Å². The number of hydrogen-bond acceptors (Lipinski definition) is 4. The molecule has 4 nitrogen and oxygen atoms in total. The molecule has 0 heterocycles. The predicted octanol–water partition coefficient (Wildman–Crippen LogP) is 1.69. The van der Waals surface area contributed by atoms with E-state index < -0.39 is 6.10 Å². The van der Waals surface area contributed by atoms with Crippen molar-refractivity contribution in [3.05, 3.63) is 29.3 Å². The molecule has 3 N–H and O–H groups in total. The summed E-state index contributed by atoms with van der Waals surface area (Å²) >= 11 is 5.77. The first kappa shape index (κ1) is 16.2. The molecule has 3 atom stereocenters. The molecule has 0 saturated carbocycles. The lowest BCUT2D eigenvalue weighted by atomic mass is 10.1. The van der Waals surface area contributed by atoms with E-state index in [1.807, 2.05) is 13.8 Å². The molecule has 1 aromatic rings. The van der Waals surface area contributed by atoms with Crippen LogP contribution in [0, 0.1) is 5.92 Å². The largest absolute Gasteiger partial charge is 0.491 e. The molecule has 1 aromatic carbocycles. The van der Waals surface area contributed by atoms with E-state index in [1.165, 1.54) is 0 Å². The molecule has 1 rings (SSSR count). The monoisotopic (exact) mass is 287 g/mol. The Morgan fingerprint density at radius 2 is 1.89 bits per heavy atom. The van der Waals surface area contributed by atoms with Crippen LogP contribution in [0.5, 0.6) is 5.75 Å². The molecule has 0 aromatic heterocycles. The predicted molar refractivity (Wildman–Crippen MR) is 76.7 cm³/mol. The summed E-state index contributed by atoms with van der Waals surface area (Å²) in [4.78, 5) is 0. The Bertz CT molecular complexity index is 358. The van der Waals surface area contributed by atoms with Gasteiger partial charge in [0.2, 0.25) is 0 Å². The molecule has 3 unspecified atom stereocenters. The van der Waals surface area contributed by atoms with Crippen LogP contribution in [0.2, 0.25) is 5.02 Å². The molecule has 0 radical (unpaired) electrons. The maximum absolute atomic E-state index is 9.79. The molecule has 0 fully saturated rings. The lowest BCUT2D eigenvalue weighted by Crippen LogP contribution is -2.40. The van der Waals surface area contributed by atoms with E-state index >= 15 is 0 Å². The van der Waals surface area contributed by atoms with E-state index in [9.17, 15) is 5.11 Å². The number of halogens is 1. The number of aliphatic hydroxyl groups excluding tert-OH is 2. The van der Waals surface area contributed by atoms with Gasteiger partial charge in [-0.15, -0.1) is 0 Å². The zero-order chi connectivity index (χ0) is 14.3. The van der Waals surface area contributed by atoms with E-state index in [1.54, 1.807) is 24.3 Å². The van der Waals surface area contributed by atoms with Crippen molar-refractivity contribution < 1.29 is 14.9 Å². The van der Waals surface area contributed by atoms with E-state index in [-0.39, 0.29) is 25.2 Å². The summed E-state index contributed by atoms with van der Waals surface area (Å²) < 4.78 is 5.44. The number of ether oxygens (including phenoxy) is 1. The maximum Gasteiger partial charge on any atom is 0.119 e. The Morgan fingerprint density at radius 3 is 2.47 bits per heavy atom. The Hall–Kier alpha value is -0.810. The van der Waals surface area contributed by atoms with Crippen molar-refractivity contribution in [3.8, 4) is 5.75 Å². The Morgan fingerprint density at radius 1 is 1.26 bits per heavy atom. The van der Waals surface area contributed by atoms with Crippen LogP contribution >= 0.6 is 11.6 Å². The first-order chi connectivity index (χ1) is 9.02. The average Bonchev–Trinajstić information content (AvgIpc) is 2.43. The number of hydrogen-bond donors (Lipinski definition) is 3. The lowest BCUT2D eigenvalue weighted by Gasteiger charge is -2.21. The van der Waals surface area contributed by atoms with Gasteiger partial charge in [0.25, 0.3) is 0 Å². The summed E-state index contributed by atoms with van der Waals surface area (Å²) in [5, 5.41) is 22.6. The molecule has 0 aliphatic rings. The molecule has 0 amide bonds. The van der Waals surface area contributed by atoms with E-state index in [4.69, 9.17) is 21.4 Å². The van der Waals surface area contributed by atoms with Gasteiger partial charge in [-0.25, -0.2) is 0 Å². The summed E-state index contributed by atoms with van der Waals surface area (Å²) in [6, 6.07) is 7.16. The molecule has 0 bridgehead atoms. The Labute approximate surface area is 119 Å². The van der Waals surface area contributed by atoms with Gasteiger partial charge in [-0.2, -0.15) is 0 Å². The highest BCUT2D eigenvalue weighted by Crippen LogP contribution is 2.15. The van der Waals surface area contributed by atoms with E-state index in [0.29, 0.717) is 17.3 Å². The van der Waals surface area contributed by atoms with Gasteiger partial charge in [0.15, 0.2) is 0 Å². The fraction of sp³-hybridized carbons (Fsp3) is 0.571. The Kier molecular flexibility index (Phi) is 7.16.